The summed E-state index contributed by atoms with van der Waals surface area (Å²) in [6.45, 7) is 10.9. The largest absolute Gasteiger partial charge is 0.379 e. The molecule has 1 aromatic heterocycles. The van der Waals surface area contributed by atoms with Gasteiger partial charge in [0.2, 0.25) is 0 Å². The van der Waals surface area contributed by atoms with Crippen LogP contribution in [0.25, 0.3) is 0 Å². The molecule has 0 saturated carbocycles. The standard InChI is InChI=1S/C17H32N4O3.HI/c1-4-7-9-22-11-12-23-10-8-19-17(18-6-3)20-14-16-13-15(5-2)21-24-16;/h13H,4-12,14H2,1-3H3,(H2,18,19,20);1H. The van der Waals surface area contributed by atoms with Crippen LogP contribution in [-0.4, -0.2) is 50.6 Å². The monoisotopic (exact) mass is 468 g/mol. The third kappa shape index (κ3) is 12.2. The highest BCUT2D eigenvalue weighted by molar-refractivity contribution is 14.0. The SMILES string of the molecule is CCCCOCCOCCNC(=NCc1cc(CC)no1)NCC.I. The molecule has 0 unspecified atom stereocenters. The Kier molecular flexibility index (Phi) is 16.0. The van der Waals surface area contributed by atoms with E-state index in [0.717, 1.165) is 49.8 Å². The predicted octanol–water partition coefficient (Wildman–Crippen LogP) is 2.74. The Morgan fingerprint density at radius 1 is 1.12 bits per heavy atom. The first-order chi connectivity index (χ1) is 11.8. The molecule has 0 aliphatic rings. The first-order valence-electron chi connectivity index (χ1n) is 8.92. The van der Waals surface area contributed by atoms with Gasteiger partial charge in [0.25, 0.3) is 0 Å². The van der Waals surface area contributed by atoms with Gasteiger partial charge in [0, 0.05) is 25.8 Å². The van der Waals surface area contributed by atoms with Crippen molar-refractivity contribution in [1.82, 2.24) is 15.8 Å². The van der Waals surface area contributed by atoms with Crippen molar-refractivity contribution < 1.29 is 14.0 Å². The van der Waals surface area contributed by atoms with E-state index in [-0.39, 0.29) is 24.0 Å². The van der Waals surface area contributed by atoms with Crippen LogP contribution in [-0.2, 0) is 22.4 Å². The van der Waals surface area contributed by atoms with Gasteiger partial charge in [-0.05, 0) is 19.8 Å². The average Bonchev–Trinajstić information content (AvgIpc) is 3.06. The van der Waals surface area contributed by atoms with Crippen molar-refractivity contribution in [3.8, 4) is 0 Å². The molecule has 1 heterocycles. The van der Waals surface area contributed by atoms with Crippen LogP contribution in [0.3, 0.4) is 0 Å². The first-order valence-corrected chi connectivity index (χ1v) is 8.92. The minimum Gasteiger partial charge on any atom is -0.379 e. The Labute approximate surface area is 168 Å². The molecule has 0 radical (unpaired) electrons. The Bertz CT molecular complexity index is 455. The van der Waals surface area contributed by atoms with Crippen LogP contribution in [0.4, 0.5) is 0 Å². The molecule has 0 aliphatic carbocycles. The lowest BCUT2D eigenvalue weighted by Gasteiger charge is -2.11. The number of hydrogen-bond donors (Lipinski definition) is 2. The van der Waals surface area contributed by atoms with Crippen molar-refractivity contribution in [1.29, 1.82) is 0 Å². The molecule has 7 nitrogen and oxygen atoms in total. The fraction of sp³-hybridized carbons (Fsp3) is 0.765. The van der Waals surface area contributed by atoms with E-state index in [9.17, 15) is 0 Å². The highest BCUT2D eigenvalue weighted by Gasteiger charge is 2.03. The van der Waals surface area contributed by atoms with E-state index in [0.29, 0.717) is 32.9 Å². The highest BCUT2D eigenvalue weighted by atomic mass is 127. The Balaban J connectivity index is 0.00000576. The zero-order valence-electron chi connectivity index (χ0n) is 15.7. The highest BCUT2D eigenvalue weighted by Crippen LogP contribution is 2.05. The molecule has 0 fully saturated rings. The molecule has 0 saturated heterocycles. The summed E-state index contributed by atoms with van der Waals surface area (Å²) >= 11 is 0. The van der Waals surface area contributed by atoms with E-state index in [1.165, 1.54) is 0 Å². The number of nitrogens with one attached hydrogen (secondary N) is 2. The smallest absolute Gasteiger partial charge is 0.191 e. The van der Waals surface area contributed by atoms with Crippen LogP contribution in [0, 0.1) is 0 Å². The van der Waals surface area contributed by atoms with Gasteiger partial charge in [-0.2, -0.15) is 0 Å². The quantitative estimate of drug-likeness (QED) is 0.201. The summed E-state index contributed by atoms with van der Waals surface area (Å²) in [6.07, 6.45) is 3.13. The van der Waals surface area contributed by atoms with Gasteiger partial charge in [-0.1, -0.05) is 25.4 Å². The summed E-state index contributed by atoms with van der Waals surface area (Å²) in [7, 11) is 0. The fourth-order valence-corrected chi connectivity index (χ4v) is 1.91. The van der Waals surface area contributed by atoms with Gasteiger partial charge in [-0.15, -0.1) is 24.0 Å². The molecule has 0 atom stereocenters. The van der Waals surface area contributed by atoms with Gasteiger partial charge in [-0.25, -0.2) is 4.99 Å². The van der Waals surface area contributed by atoms with Crippen LogP contribution in [0.1, 0.15) is 45.1 Å². The van der Waals surface area contributed by atoms with Crippen LogP contribution < -0.4 is 10.6 Å². The van der Waals surface area contributed by atoms with Gasteiger partial charge in [0.05, 0.1) is 25.5 Å². The van der Waals surface area contributed by atoms with Crippen LogP contribution in [0.2, 0.25) is 0 Å². The second-order valence-corrected chi connectivity index (χ2v) is 5.34. The van der Waals surface area contributed by atoms with Gasteiger partial charge >= 0.3 is 0 Å². The van der Waals surface area contributed by atoms with Crippen molar-refractivity contribution in [3.05, 3.63) is 17.5 Å². The molecule has 0 spiro atoms. The average molecular weight is 468 g/mol. The molecule has 0 aromatic carbocycles. The molecule has 25 heavy (non-hydrogen) atoms. The van der Waals surface area contributed by atoms with Crippen LogP contribution in [0.15, 0.2) is 15.6 Å². The van der Waals surface area contributed by atoms with E-state index < -0.39 is 0 Å². The Morgan fingerprint density at radius 2 is 1.88 bits per heavy atom. The lowest BCUT2D eigenvalue weighted by atomic mass is 10.3. The van der Waals surface area contributed by atoms with Crippen molar-refractivity contribution in [2.75, 3.05) is 39.5 Å². The molecule has 146 valence electrons. The molecule has 8 heteroatoms. The first kappa shape index (κ1) is 24.1. The van der Waals surface area contributed by atoms with Crippen molar-refractivity contribution in [2.24, 2.45) is 4.99 Å². The summed E-state index contributed by atoms with van der Waals surface area (Å²) in [5.41, 5.74) is 0.952. The molecule has 0 bridgehead atoms. The second-order valence-electron chi connectivity index (χ2n) is 5.34. The summed E-state index contributed by atoms with van der Waals surface area (Å²) in [4.78, 5) is 4.48. The maximum atomic E-state index is 5.52. The zero-order valence-corrected chi connectivity index (χ0v) is 18.0. The normalized spacial score (nSPS) is 11.2. The Hall–Kier alpha value is -0.870. The number of aryl methyl sites for hydroxylation is 1. The van der Waals surface area contributed by atoms with Crippen molar-refractivity contribution in [2.45, 2.75) is 46.6 Å². The number of aromatic nitrogens is 1. The van der Waals surface area contributed by atoms with E-state index in [1.54, 1.807) is 0 Å². The number of unbranched alkanes of at least 4 members (excludes halogenated alkanes) is 1. The number of guanidine groups is 1. The summed E-state index contributed by atoms with van der Waals surface area (Å²) in [5, 5.41) is 10.4. The van der Waals surface area contributed by atoms with Gasteiger partial charge in [0.15, 0.2) is 11.7 Å². The second kappa shape index (κ2) is 16.6. The minimum atomic E-state index is 0. The summed E-state index contributed by atoms with van der Waals surface area (Å²) in [5.74, 6) is 1.51. The third-order valence-corrected chi connectivity index (χ3v) is 3.26. The minimum absolute atomic E-state index is 0. The van der Waals surface area contributed by atoms with E-state index in [4.69, 9.17) is 14.0 Å². The lowest BCUT2D eigenvalue weighted by Crippen LogP contribution is -2.39. The summed E-state index contributed by atoms with van der Waals surface area (Å²) < 4.78 is 16.2. The fourth-order valence-electron chi connectivity index (χ4n) is 1.91. The molecule has 0 amide bonds. The summed E-state index contributed by atoms with van der Waals surface area (Å²) in [6, 6.07) is 1.94. The molecule has 1 aromatic rings. The number of aliphatic imine (C=N–C) groups is 1. The molecular weight excluding hydrogens is 435 g/mol. The number of ether oxygens (including phenoxy) is 2. The van der Waals surface area contributed by atoms with Gasteiger partial charge < -0.3 is 24.6 Å². The predicted molar refractivity (Wildman–Crippen MR) is 111 cm³/mol. The van der Waals surface area contributed by atoms with Crippen LogP contribution in [0.5, 0.6) is 0 Å². The van der Waals surface area contributed by atoms with E-state index in [1.807, 2.05) is 19.9 Å². The Morgan fingerprint density at radius 3 is 2.52 bits per heavy atom. The number of nitrogens with zero attached hydrogens (tertiary/aromatic N) is 2. The van der Waals surface area contributed by atoms with E-state index >= 15 is 0 Å². The van der Waals surface area contributed by atoms with Crippen LogP contribution >= 0.6 is 24.0 Å². The number of rotatable bonds is 13. The molecule has 0 aliphatic heterocycles. The molecular formula is C17H33IN4O3. The van der Waals surface area contributed by atoms with Gasteiger partial charge in [-0.3, -0.25) is 0 Å². The maximum Gasteiger partial charge on any atom is 0.191 e. The third-order valence-electron chi connectivity index (χ3n) is 3.26. The molecule has 2 N–H and O–H groups in total. The van der Waals surface area contributed by atoms with E-state index in [2.05, 4.69) is 27.7 Å². The van der Waals surface area contributed by atoms with Crippen molar-refractivity contribution >= 4 is 29.9 Å². The zero-order chi connectivity index (χ0) is 17.5. The maximum absolute atomic E-state index is 5.52. The number of halogens is 1. The van der Waals surface area contributed by atoms with Gasteiger partial charge in [0.1, 0.15) is 6.54 Å². The van der Waals surface area contributed by atoms with Crippen molar-refractivity contribution in [3.63, 3.8) is 0 Å². The molecule has 1 rings (SSSR count). The number of hydrogen-bond acceptors (Lipinski definition) is 5. The topological polar surface area (TPSA) is 80.9 Å². The lowest BCUT2D eigenvalue weighted by molar-refractivity contribution is 0.0487.